The minimum Gasteiger partial charge on any atom is -0.487 e. The monoisotopic (exact) mass is 214 g/mol. The van der Waals surface area contributed by atoms with E-state index in [0.717, 1.165) is 22.6 Å². The molecule has 1 aromatic carbocycles. The van der Waals surface area contributed by atoms with Gasteiger partial charge in [0.25, 0.3) is 0 Å². The van der Waals surface area contributed by atoms with Crippen LogP contribution in [0.2, 0.25) is 0 Å². The minimum absolute atomic E-state index is 0.180. The molecular formula is C11H10N4O. The fourth-order valence-corrected chi connectivity index (χ4v) is 1.89. The van der Waals surface area contributed by atoms with Gasteiger partial charge in [0.2, 0.25) is 5.95 Å². The lowest BCUT2D eigenvalue weighted by Gasteiger charge is -2.20. The molecule has 0 saturated heterocycles. The van der Waals surface area contributed by atoms with Gasteiger partial charge in [-0.3, -0.25) is 0 Å². The maximum absolute atomic E-state index is 5.87. The van der Waals surface area contributed by atoms with E-state index in [-0.39, 0.29) is 5.95 Å². The number of anilines is 2. The van der Waals surface area contributed by atoms with Crippen molar-refractivity contribution in [3.8, 4) is 16.9 Å². The molecule has 0 saturated carbocycles. The van der Waals surface area contributed by atoms with Gasteiger partial charge in [-0.1, -0.05) is 18.2 Å². The van der Waals surface area contributed by atoms with Gasteiger partial charge in [-0.2, -0.15) is 4.98 Å². The zero-order valence-electron chi connectivity index (χ0n) is 8.47. The number of ether oxygens (including phenoxy) is 1. The van der Waals surface area contributed by atoms with Crippen LogP contribution in [0.4, 0.5) is 11.8 Å². The first-order valence-electron chi connectivity index (χ1n) is 4.90. The molecule has 1 aliphatic rings. The Kier molecular flexibility index (Phi) is 1.73. The molecule has 16 heavy (non-hydrogen) atoms. The molecule has 1 aromatic heterocycles. The highest BCUT2D eigenvalue weighted by molar-refractivity contribution is 5.81. The van der Waals surface area contributed by atoms with Crippen LogP contribution in [0, 0.1) is 0 Å². The van der Waals surface area contributed by atoms with Gasteiger partial charge in [0.1, 0.15) is 18.2 Å². The quantitative estimate of drug-likeness (QED) is 0.688. The summed E-state index contributed by atoms with van der Waals surface area (Å²) in [6.07, 6.45) is 0. The van der Waals surface area contributed by atoms with E-state index in [9.17, 15) is 0 Å². The highest BCUT2D eigenvalue weighted by Crippen LogP contribution is 2.39. The smallest absolute Gasteiger partial charge is 0.222 e. The summed E-state index contributed by atoms with van der Waals surface area (Å²) >= 11 is 0. The molecule has 0 fully saturated rings. The molecule has 0 atom stereocenters. The Balaban J connectivity index is 2.32. The van der Waals surface area contributed by atoms with Crippen molar-refractivity contribution in [1.29, 1.82) is 0 Å². The number of nitrogens with two attached hydrogens (primary N) is 2. The largest absolute Gasteiger partial charge is 0.487 e. The fraction of sp³-hybridized carbons (Fsp3) is 0.0909. The van der Waals surface area contributed by atoms with Crippen LogP contribution in [0.5, 0.6) is 5.75 Å². The standard InChI is InChI=1S/C11H10N4O/c12-10-9-6-3-1-2-4-8(6)16-5-7(9)14-11(13)15-10/h1-4H,5H2,(H4,12,13,14,15). The van der Waals surface area contributed by atoms with Gasteiger partial charge in [-0.15, -0.1) is 0 Å². The maximum Gasteiger partial charge on any atom is 0.222 e. The Hall–Kier alpha value is -2.30. The predicted molar refractivity (Wildman–Crippen MR) is 60.6 cm³/mol. The third-order valence-electron chi connectivity index (χ3n) is 2.55. The highest BCUT2D eigenvalue weighted by atomic mass is 16.5. The van der Waals surface area contributed by atoms with E-state index in [1.165, 1.54) is 0 Å². The maximum atomic E-state index is 5.87. The molecule has 0 unspecified atom stereocenters. The van der Waals surface area contributed by atoms with E-state index < -0.39 is 0 Å². The highest BCUT2D eigenvalue weighted by Gasteiger charge is 2.21. The summed E-state index contributed by atoms with van der Waals surface area (Å²) in [4.78, 5) is 8.11. The molecule has 0 radical (unpaired) electrons. The van der Waals surface area contributed by atoms with Gasteiger partial charge in [0, 0.05) is 5.56 Å². The number of fused-ring (bicyclic) bond motifs is 3. The second-order valence-electron chi connectivity index (χ2n) is 3.57. The van der Waals surface area contributed by atoms with Crippen molar-refractivity contribution < 1.29 is 4.74 Å². The molecule has 4 N–H and O–H groups in total. The van der Waals surface area contributed by atoms with E-state index in [1.54, 1.807) is 0 Å². The lowest BCUT2D eigenvalue weighted by Crippen LogP contribution is -2.13. The molecule has 2 aromatic rings. The summed E-state index contributed by atoms with van der Waals surface area (Å²) in [7, 11) is 0. The number of nitrogen functional groups attached to an aromatic ring is 2. The molecule has 0 bridgehead atoms. The Bertz CT molecular complexity index is 568. The lowest BCUT2D eigenvalue weighted by atomic mass is 10.0. The van der Waals surface area contributed by atoms with E-state index in [0.29, 0.717) is 12.4 Å². The number of rotatable bonds is 0. The van der Waals surface area contributed by atoms with Crippen LogP contribution >= 0.6 is 0 Å². The van der Waals surface area contributed by atoms with Crippen LogP contribution in [-0.2, 0) is 6.61 Å². The minimum atomic E-state index is 0.180. The number of aromatic nitrogens is 2. The molecule has 0 amide bonds. The number of hydrogen-bond donors (Lipinski definition) is 2. The van der Waals surface area contributed by atoms with Crippen LogP contribution in [0.15, 0.2) is 24.3 Å². The summed E-state index contributed by atoms with van der Waals surface area (Å²) in [5.41, 5.74) is 13.9. The van der Waals surface area contributed by atoms with E-state index >= 15 is 0 Å². The number of benzene rings is 1. The lowest BCUT2D eigenvalue weighted by molar-refractivity contribution is 0.297. The van der Waals surface area contributed by atoms with Crippen LogP contribution in [0.3, 0.4) is 0 Å². The topological polar surface area (TPSA) is 87.0 Å². The van der Waals surface area contributed by atoms with Crippen molar-refractivity contribution >= 4 is 11.8 Å². The van der Waals surface area contributed by atoms with E-state index in [2.05, 4.69) is 9.97 Å². The van der Waals surface area contributed by atoms with Gasteiger partial charge < -0.3 is 16.2 Å². The first kappa shape index (κ1) is 8.96. The SMILES string of the molecule is Nc1nc(N)c2c(n1)COc1ccccc1-2. The fourth-order valence-electron chi connectivity index (χ4n) is 1.89. The van der Waals surface area contributed by atoms with Crippen molar-refractivity contribution in [2.24, 2.45) is 0 Å². The molecule has 80 valence electrons. The van der Waals surface area contributed by atoms with Crippen molar-refractivity contribution in [3.63, 3.8) is 0 Å². The van der Waals surface area contributed by atoms with Gasteiger partial charge >= 0.3 is 0 Å². The molecule has 2 heterocycles. The average molecular weight is 214 g/mol. The van der Waals surface area contributed by atoms with Crippen molar-refractivity contribution in [1.82, 2.24) is 9.97 Å². The summed E-state index contributed by atoms with van der Waals surface area (Å²) in [5.74, 6) is 1.38. The summed E-state index contributed by atoms with van der Waals surface area (Å²) in [5, 5.41) is 0. The second kappa shape index (κ2) is 3.10. The summed E-state index contributed by atoms with van der Waals surface area (Å²) < 4.78 is 5.56. The second-order valence-corrected chi connectivity index (χ2v) is 3.57. The number of para-hydroxylation sites is 1. The molecule has 3 rings (SSSR count). The van der Waals surface area contributed by atoms with Crippen molar-refractivity contribution in [2.75, 3.05) is 11.5 Å². The Labute approximate surface area is 92.1 Å². The Morgan fingerprint density at radius 3 is 2.81 bits per heavy atom. The van der Waals surface area contributed by atoms with Gasteiger partial charge in [-0.25, -0.2) is 4.98 Å². The van der Waals surface area contributed by atoms with Crippen LogP contribution in [-0.4, -0.2) is 9.97 Å². The molecule has 1 aliphatic heterocycles. The molecular weight excluding hydrogens is 204 g/mol. The van der Waals surface area contributed by atoms with E-state index in [1.807, 2.05) is 24.3 Å². The number of hydrogen-bond acceptors (Lipinski definition) is 5. The van der Waals surface area contributed by atoms with Gasteiger partial charge in [0.05, 0.1) is 11.3 Å². The Morgan fingerprint density at radius 2 is 1.94 bits per heavy atom. The first-order valence-corrected chi connectivity index (χ1v) is 4.90. The summed E-state index contributed by atoms with van der Waals surface area (Å²) in [6.45, 7) is 0.378. The normalized spacial score (nSPS) is 12.5. The van der Waals surface area contributed by atoms with Crippen LogP contribution in [0.1, 0.15) is 5.69 Å². The third-order valence-corrected chi connectivity index (χ3v) is 2.55. The molecule has 0 aliphatic carbocycles. The third kappa shape index (κ3) is 1.18. The molecule has 5 nitrogen and oxygen atoms in total. The van der Waals surface area contributed by atoms with E-state index in [4.69, 9.17) is 16.2 Å². The van der Waals surface area contributed by atoms with Gasteiger partial charge in [-0.05, 0) is 6.07 Å². The first-order chi connectivity index (χ1) is 7.75. The van der Waals surface area contributed by atoms with Crippen LogP contribution in [0.25, 0.3) is 11.1 Å². The van der Waals surface area contributed by atoms with Crippen molar-refractivity contribution in [3.05, 3.63) is 30.0 Å². The number of nitrogens with zero attached hydrogens (tertiary/aromatic N) is 2. The van der Waals surface area contributed by atoms with Crippen LogP contribution < -0.4 is 16.2 Å². The molecule has 0 spiro atoms. The Morgan fingerprint density at radius 1 is 1.12 bits per heavy atom. The van der Waals surface area contributed by atoms with Crippen molar-refractivity contribution in [2.45, 2.75) is 6.61 Å². The average Bonchev–Trinajstić information content (AvgIpc) is 2.28. The van der Waals surface area contributed by atoms with Gasteiger partial charge in [0.15, 0.2) is 0 Å². The molecule has 5 heteroatoms. The zero-order valence-corrected chi connectivity index (χ0v) is 8.47. The summed E-state index contributed by atoms with van der Waals surface area (Å²) in [6, 6.07) is 7.67. The predicted octanol–water partition coefficient (Wildman–Crippen LogP) is 1.20. The zero-order chi connectivity index (χ0) is 11.1.